The Hall–Kier alpha value is -11.1. The third-order valence-electron chi connectivity index (χ3n) is 16.5. The molecule has 12 aromatic rings. The van der Waals surface area contributed by atoms with Gasteiger partial charge >= 0.3 is 0 Å². The molecule has 4 aromatic heterocycles. The molecule has 0 aliphatic carbocycles. The molecule has 0 aliphatic rings. The van der Waals surface area contributed by atoms with Gasteiger partial charge in [-0.2, -0.15) is 64.1 Å². The second-order valence-corrected chi connectivity index (χ2v) is 31.3. The zero-order chi connectivity index (χ0) is 89.4. The molecule has 120 heavy (non-hydrogen) atoms. The first kappa shape index (κ1) is 96.0. The van der Waals surface area contributed by atoms with Gasteiger partial charge in [-0.05, 0) is 184 Å². The fraction of sp³-hybridized carbons (Fsp3) is 0.243. The zero-order valence-electron chi connectivity index (χ0n) is 69.9. The van der Waals surface area contributed by atoms with Crippen LogP contribution in [0.15, 0.2) is 173 Å². The van der Waals surface area contributed by atoms with Gasteiger partial charge in [0.05, 0.1) is 34.7 Å². The molecular weight excluding hydrogens is 2080 g/mol. The first-order valence-electron chi connectivity index (χ1n) is 35.2. The number of nitrogen functional groups attached to an aromatic ring is 2. The number of fused-ring (bicyclic) bond motifs is 2. The number of phenolic OH excluding ortho intramolecular Hbond substituents is 2. The van der Waals surface area contributed by atoms with E-state index in [0.29, 0.717) is 97.7 Å². The second-order valence-electron chi connectivity index (χ2n) is 25.6. The van der Waals surface area contributed by atoms with Crippen LogP contribution in [0.1, 0.15) is 59.4 Å². The Morgan fingerprint density at radius 3 is 0.983 bits per heavy atom. The monoisotopic (exact) mass is 2170 g/mol. The minimum absolute atomic E-state index is 0. The summed E-state index contributed by atoms with van der Waals surface area (Å²) in [5.74, 6) is 2.96. The van der Waals surface area contributed by atoms with E-state index in [2.05, 4.69) is 171 Å². The van der Waals surface area contributed by atoms with E-state index in [0.717, 1.165) is 17.4 Å². The maximum atomic E-state index is 12.1. The molecule has 628 valence electrons. The van der Waals surface area contributed by atoms with Gasteiger partial charge < -0.3 is 71.2 Å². The van der Waals surface area contributed by atoms with Crippen molar-refractivity contribution in [3.8, 4) is 11.5 Å². The standard InChI is InChI=1S/C23H23N9O4S.C23H22N9O4S.C13H16N4.C13H15N4.2CH4O3S.2U/c2*1-12-9-14-5-7-16(29-25-3)20(24)19(14)22(33)21(12)31-30-17-10-15(6-8-18(17)37(34,35)36)32(4)23-27-11-26-13(2)28-23;2*1-9-5-6-12(7-10(9)2)17(4)13-15-8-14-11(3)16-13;2*1-5(2,3)4;;/h5-11,33H,24H2,1-4H3,(H,34,35,36);5-10,33H,24H2,1-4H3,(H,34,35,36);5-8H,1-4H3;5-7H,1-4H3;2*1H3,(H,2,3,4);;/q;-1;;-1;;;;/i11T;;8T;;;;;. The van der Waals surface area contributed by atoms with Crippen LogP contribution in [0, 0.1) is 144 Å². The van der Waals surface area contributed by atoms with Gasteiger partial charge in [-0.25, -0.2) is 19.9 Å². The molecule has 0 bridgehead atoms. The number of aromatic nitrogens is 12. The van der Waals surface area contributed by atoms with E-state index in [1.54, 1.807) is 90.0 Å². The van der Waals surface area contributed by atoms with Crippen molar-refractivity contribution in [2.45, 2.75) is 79.0 Å². The number of aryl methyl sites for hydroxylation is 10. The molecule has 10 N–H and O–H groups in total. The maximum Gasteiger partial charge on any atom is 0.296 e. The topological polar surface area (TPSA) is 576 Å². The summed E-state index contributed by atoms with van der Waals surface area (Å²) in [6.45, 7) is 18.6. The van der Waals surface area contributed by atoms with E-state index in [9.17, 15) is 53.0 Å². The third-order valence-corrected chi connectivity index (χ3v) is 18.3. The van der Waals surface area contributed by atoms with Crippen LogP contribution in [0.5, 0.6) is 11.5 Å². The summed E-state index contributed by atoms with van der Waals surface area (Å²) in [5, 5.41) is 55.6. The minimum Gasteiger partial charge on any atom is -0.505 e. The molecule has 0 unspecified atom stereocenters. The molecule has 46 heteroatoms. The first-order chi connectivity index (χ1) is 56.0. The van der Waals surface area contributed by atoms with E-state index < -0.39 is 50.3 Å². The van der Waals surface area contributed by atoms with Crippen LogP contribution in [0.3, 0.4) is 0 Å². The summed E-state index contributed by atoms with van der Waals surface area (Å²) in [7, 11) is -6.60. The summed E-state index contributed by atoms with van der Waals surface area (Å²) in [6.07, 6.45) is 6.28. The van der Waals surface area contributed by atoms with Gasteiger partial charge in [-0.3, -0.25) is 18.2 Å². The van der Waals surface area contributed by atoms with E-state index in [1.807, 2.05) is 36.9 Å². The summed E-state index contributed by atoms with van der Waals surface area (Å²) < 4.78 is 135. The minimum atomic E-state index is -4.68. The van der Waals surface area contributed by atoms with Crippen LogP contribution in [-0.2, 0) is 40.5 Å². The number of rotatable bonds is 16. The Morgan fingerprint density at radius 1 is 0.375 bits per heavy atom. The quantitative estimate of drug-likeness (QED) is 0.0193. The number of nitrogens with two attached hydrogens (primary N) is 2. The molecule has 0 radical (unpaired) electrons. The predicted molar refractivity (Wildman–Crippen MR) is 446 cm³/mol. The van der Waals surface area contributed by atoms with E-state index in [4.69, 9.17) is 23.3 Å². The molecule has 0 aliphatic heterocycles. The van der Waals surface area contributed by atoms with Crippen molar-refractivity contribution in [1.82, 2.24) is 59.8 Å². The number of aromatic hydroxyl groups is 2. The van der Waals surface area contributed by atoms with Crippen LogP contribution < -0.4 is 31.1 Å². The van der Waals surface area contributed by atoms with Crippen LogP contribution >= 0.6 is 0 Å². The Kier molecular flexibility index (Phi) is 34.6. The van der Waals surface area contributed by atoms with Crippen LogP contribution in [0.2, 0.25) is 0 Å². The van der Waals surface area contributed by atoms with Gasteiger partial charge in [0.25, 0.3) is 40.5 Å². The zero-order valence-corrected chi connectivity index (χ0v) is 79.5. The fourth-order valence-electron chi connectivity index (χ4n) is 10.4. The smallest absolute Gasteiger partial charge is 0.296 e. The van der Waals surface area contributed by atoms with Crippen LogP contribution in [0.4, 0.5) is 92.0 Å². The van der Waals surface area contributed by atoms with Gasteiger partial charge in [0.15, 0.2) is 11.5 Å². The number of azo groups is 4. The summed E-state index contributed by atoms with van der Waals surface area (Å²) in [4.78, 5) is 54.2. The van der Waals surface area contributed by atoms with Crippen molar-refractivity contribution < 1.29 is 127 Å². The summed E-state index contributed by atoms with van der Waals surface area (Å²) in [6, 6.07) is 30.7. The largest absolute Gasteiger partial charge is 0.505 e. The SMILES string of the molecule is CN=Nc1ccc2cc(C)c(N=Nc3cc(N(C)c4n[c-]nc(C)n4)ccc3S(=O)(=O)O)c(O)c2c1N.CS(=O)(=O)O.CS(=O)(=O)O.Cc1n[c-]nc(N(C)c2ccc(C)c(C)c2)n1.[3H]c1nc(C)nc(N(C)c2ccc(C)c(C)c2)n1.[3H]c1nc(C)nc(N(C)c2ccc(S(=O)(=O)O)c(N=Nc3c(C)cc4ccc(N=NC)c(N)c4c3O)c2)n1.[U].[U]. The predicted octanol–water partition coefficient (Wildman–Crippen LogP) is 13.9. The van der Waals surface area contributed by atoms with Gasteiger partial charge in [0.2, 0.25) is 11.9 Å². The Balaban J connectivity index is 0.000000290. The number of phenols is 2. The van der Waals surface area contributed by atoms with Gasteiger partial charge in [0.1, 0.15) is 82.8 Å². The molecule has 0 saturated carbocycles. The molecule has 0 amide bonds. The van der Waals surface area contributed by atoms with Gasteiger partial charge in [-0.1, -0.05) is 38.1 Å². The molecule has 0 spiro atoms. The Bertz CT molecular complexity index is 6390. The van der Waals surface area contributed by atoms with Gasteiger partial charge in [-0.15, -0.1) is 20.5 Å². The van der Waals surface area contributed by atoms with Crippen molar-refractivity contribution in [3.63, 3.8) is 0 Å². The Labute approximate surface area is 743 Å². The summed E-state index contributed by atoms with van der Waals surface area (Å²) >= 11 is 0. The average Bonchev–Trinajstić information content (AvgIpc) is 0.769. The fourth-order valence-corrected chi connectivity index (χ4v) is 11.6. The Morgan fingerprint density at radius 2 is 0.683 bits per heavy atom. The van der Waals surface area contributed by atoms with Gasteiger partial charge in [0, 0.05) is 152 Å². The van der Waals surface area contributed by atoms with Crippen molar-refractivity contribution >= 4 is 154 Å². The van der Waals surface area contributed by atoms with E-state index in [-0.39, 0.29) is 138 Å². The van der Waals surface area contributed by atoms with Crippen LogP contribution in [0.25, 0.3) is 21.5 Å². The van der Waals surface area contributed by atoms with Crippen molar-refractivity contribution in [1.29, 1.82) is 0 Å². The van der Waals surface area contributed by atoms with E-state index >= 15 is 0 Å². The van der Waals surface area contributed by atoms with E-state index in [1.165, 1.54) is 71.6 Å². The van der Waals surface area contributed by atoms with Crippen molar-refractivity contribution in [2.24, 2.45) is 40.9 Å². The third kappa shape index (κ3) is 28.0. The second kappa shape index (κ2) is 43.2. The molecule has 8 aromatic carbocycles. The molecular formula is C74H84N26O14S4U2-2. The number of hydrogen-bond donors (Lipinski definition) is 8. The van der Waals surface area contributed by atoms with Crippen molar-refractivity contribution in [3.05, 3.63) is 191 Å². The maximum absolute atomic E-state index is 12.1. The average molecular weight is 2170 g/mol. The normalized spacial score (nSPS) is 11.6. The molecule has 0 fully saturated rings. The summed E-state index contributed by atoms with van der Waals surface area (Å²) in [5.41, 5.74) is 22.2. The number of benzene rings is 8. The molecule has 40 nitrogen and oxygen atoms in total. The van der Waals surface area contributed by atoms with Crippen molar-refractivity contribution in [2.75, 3.05) is 85.9 Å². The molecule has 0 saturated heterocycles. The molecule has 12 rings (SSSR count). The molecule has 0 atom stereocenters. The molecule has 4 heterocycles. The first-order valence-corrected chi connectivity index (χ1v) is 40.8. The number of hydrogen-bond acceptors (Lipinski definition) is 36. The number of anilines is 10. The van der Waals surface area contributed by atoms with Crippen LogP contribution in [-0.4, -0.2) is 177 Å². The number of nitrogens with zero attached hydrogens (tertiary/aromatic N) is 24.